The fourth-order valence-electron chi connectivity index (χ4n) is 2.71. The molecule has 1 aliphatic heterocycles. The lowest BCUT2D eigenvalue weighted by Gasteiger charge is -2.36. The lowest BCUT2D eigenvalue weighted by Crippen LogP contribution is -2.51. The van der Waals surface area contributed by atoms with Crippen LogP contribution in [0.3, 0.4) is 0 Å². The highest BCUT2D eigenvalue weighted by molar-refractivity contribution is 5.84. The molecule has 130 valence electrons. The molecule has 2 atom stereocenters. The van der Waals surface area contributed by atoms with E-state index in [0.29, 0.717) is 13.0 Å². The molecule has 0 radical (unpaired) electrons. The third kappa shape index (κ3) is 4.97. The summed E-state index contributed by atoms with van der Waals surface area (Å²) in [5.74, 6) is -0.963. The van der Waals surface area contributed by atoms with Gasteiger partial charge in [0.25, 0.3) is 0 Å². The first-order valence-electron chi connectivity index (χ1n) is 8.00. The number of ether oxygens (including phenoxy) is 1. The highest BCUT2D eigenvalue weighted by atomic mass is 16.5. The van der Waals surface area contributed by atoms with Crippen LogP contribution in [0.15, 0.2) is 30.3 Å². The van der Waals surface area contributed by atoms with Crippen LogP contribution in [0.5, 0.6) is 0 Å². The number of carbonyl (C=O) groups is 3. The zero-order chi connectivity index (χ0) is 17.5. The van der Waals surface area contributed by atoms with E-state index in [4.69, 9.17) is 10.5 Å². The Bertz CT molecular complexity index is 591. The number of nitrogens with zero attached hydrogens (tertiary/aromatic N) is 1. The Kier molecular flexibility index (Phi) is 6.17. The molecule has 1 aromatic rings. The van der Waals surface area contributed by atoms with E-state index < -0.39 is 12.0 Å². The molecule has 7 heteroatoms. The minimum absolute atomic E-state index is 0.0234. The number of hydrogen-bond donors (Lipinski definition) is 2. The zero-order valence-corrected chi connectivity index (χ0v) is 13.7. The maximum absolute atomic E-state index is 12.3. The second-order valence-corrected chi connectivity index (χ2v) is 5.99. The Morgan fingerprint density at radius 1 is 1.25 bits per heavy atom. The second kappa shape index (κ2) is 8.33. The molecular formula is C17H23N3O4. The van der Waals surface area contributed by atoms with Crippen molar-refractivity contribution in [3.63, 3.8) is 0 Å². The number of amides is 3. The predicted octanol–water partition coefficient (Wildman–Crippen LogP) is 1.03. The van der Waals surface area contributed by atoms with Gasteiger partial charge in [-0.3, -0.25) is 9.59 Å². The molecule has 1 fully saturated rings. The van der Waals surface area contributed by atoms with Crippen LogP contribution in [0, 0.1) is 5.92 Å². The summed E-state index contributed by atoms with van der Waals surface area (Å²) in [5.41, 5.74) is 6.19. The van der Waals surface area contributed by atoms with Gasteiger partial charge in [-0.25, -0.2) is 4.79 Å². The number of benzene rings is 1. The molecule has 1 aromatic carbocycles. The lowest BCUT2D eigenvalue weighted by atomic mass is 9.93. The number of primary amides is 1. The van der Waals surface area contributed by atoms with Crippen LogP contribution in [0.1, 0.15) is 25.3 Å². The van der Waals surface area contributed by atoms with Gasteiger partial charge in [0.05, 0.1) is 5.92 Å². The van der Waals surface area contributed by atoms with Gasteiger partial charge in [0.1, 0.15) is 13.2 Å². The van der Waals surface area contributed by atoms with Gasteiger partial charge in [-0.05, 0) is 25.3 Å². The van der Waals surface area contributed by atoms with Gasteiger partial charge >= 0.3 is 6.09 Å². The number of alkyl carbamates (subject to hydrolysis) is 1. The van der Waals surface area contributed by atoms with Crippen LogP contribution >= 0.6 is 0 Å². The average molecular weight is 333 g/mol. The van der Waals surface area contributed by atoms with Crippen molar-refractivity contribution in [1.82, 2.24) is 10.2 Å². The summed E-state index contributed by atoms with van der Waals surface area (Å²) in [4.78, 5) is 36.8. The van der Waals surface area contributed by atoms with Crippen molar-refractivity contribution in [3.05, 3.63) is 35.9 Å². The SMILES string of the molecule is C[C@@H]1CC[C@@H](C(N)=O)CN1C(=O)CNC(=O)OCc1ccccc1. The second-order valence-electron chi connectivity index (χ2n) is 5.99. The van der Waals surface area contributed by atoms with Crippen molar-refractivity contribution in [2.45, 2.75) is 32.4 Å². The molecule has 1 heterocycles. The minimum atomic E-state index is -0.650. The highest BCUT2D eigenvalue weighted by Crippen LogP contribution is 2.21. The summed E-state index contributed by atoms with van der Waals surface area (Å²) in [6.07, 6.45) is 0.758. The maximum atomic E-state index is 12.3. The molecule has 24 heavy (non-hydrogen) atoms. The minimum Gasteiger partial charge on any atom is -0.445 e. The summed E-state index contributed by atoms with van der Waals surface area (Å²) in [6, 6.07) is 9.30. The van der Waals surface area contributed by atoms with Crippen molar-refractivity contribution in [1.29, 1.82) is 0 Å². The quantitative estimate of drug-likeness (QED) is 0.840. The fourth-order valence-corrected chi connectivity index (χ4v) is 2.71. The van der Waals surface area contributed by atoms with Crippen molar-refractivity contribution in [3.8, 4) is 0 Å². The van der Waals surface area contributed by atoms with Crippen molar-refractivity contribution in [2.75, 3.05) is 13.1 Å². The van der Waals surface area contributed by atoms with Gasteiger partial charge in [0, 0.05) is 12.6 Å². The summed E-state index contributed by atoms with van der Waals surface area (Å²) >= 11 is 0. The standard InChI is InChI=1S/C17H23N3O4/c1-12-7-8-14(16(18)22)10-20(12)15(21)9-19-17(23)24-11-13-5-3-2-4-6-13/h2-6,12,14H,7-11H2,1H3,(H2,18,22)(H,19,23)/t12-,14-/m1/s1. The highest BCUT2D eigenvalue weighted by Gasteiger charge is 2.31. The van der Waals surface area contributed by atoms with Gasteiger partial charge in [-0.15, -0.1) is 0 Å². The third-order valence-corrected chi connectivity index (χ3v) is 4.20. The van der Waals surface area contributed by atoms with E-state index in [0.717, 1.165) is 12.0 Å². The zero-order valence-electron chi connectivity index (χ0n) is 13.7. The Morgan fingerprint density at radius 2 is 1.96 bits per heavy atom. The van der Waals surface area contributed by atoms with Crippen LogP contribution in [0.4, 0.5) is 4.79 Å². The molecule has 0 aromatic heterocycles. The monoisotopic (exact) mass is 333 g/mol. The third-order valence-electron chi connectivity index (χ3n) is 4.20. The Hall–Kier alpha value is -2.57. The van der Waals surface area contributed by atoms with Crippen molar-refractivity contribution in [2.24, 2.45) is 11.7 Å². The molecule has 3 N–H and O–H groups in total. The van der Waals surface area contributed by atoms with Crippen LogP contribution in [-0.2, 0) is 20.9 Å². The van der Waals surface area contributed by atoms with Crippen LogP contribution in [-0.4, -0.2) is 41.9 Å². The van der Waals surface area contributed by atoms with Gasteiger partial charge in [0.2, 0.25) is 11.8 Å². The van der Waals surface area contributed by atoms with Crippen molar-refractivity contribution >= 4 is 17.9 Å². The number of rotatable bonds is 5. The molecule has 0 unspecified atom stereocenters. The van der Waals surface area contributed by atoms with Gasteiger partial charge in [-0.1, -0.05) is 30.3 Å². The molecule has 1 aliphatic rings. The lowest BCUT2D eigenvalue weighted by molar-refractivity contribution is -0.136. The largest absolute Gasteiger partial charge is 0.445 e. The Morgan fingerprint density at radius 3 is 2.62 bits per heavy atom. The number of likely N-dealkylation sites (tertiary alicyclic amines) is 1. The van der Waals surface area contributed by atoms with Crippen LogP contribution < -0.4 is 11.1 Å². The molecule has 0 aliphatic carbocycles. The van der Waals surface area contributed by atoms with Crippen LogP contribution in [0.25, 0.3) is 0 Å². The average Bonchev–Trinajstić information content (AvgIpc) is 2.59. The Labute approximate surface area is 141 Å². The summed E-state index contributed by atoms with van der Waals surface area (Å²) < 4.78 is 5.06. The van der Waals surface area contributed by atoms with Gasteiger partial charge in [-0.2, -0.15) is 0 Å². The molecule has 3 amide bonds. The first-order chi connectivity index (χ1) is 11.5. The topological polar surface area (TPSA) is 102 Å². The predicted molar refractivity (Wildman–Crippen MR) is 87.7 cm³/mol. The number of carbonyl (C=O) groups excluding carboxylic acids is 3. The van der Waals surface area contributed by atoms with E-state index in [2.05, 4.69) is 5.32 Å². The summed E-state index contributed by atoms with van der Waals surface area (Å²) in [5, 5.41) is 2.45. The molecular weight excluding hydrogens is 310 g/mol. The molecule has 0 spiro atoms. The normalized spacial score (nSPS) is 20.3. The van der Waals surface area contributed by atoms with E-state index in [9.17, 15) is 14.4 Å². The van der Waals surface area contributed by atoms with Gasteiger partial charge < -0.3 is 20.7 Å². The van der Waals surface area contributed by atoms with E-state index in [1.807, 2.05) is 37.3 Å². The van der Waals surface area contributed by atoms with Crippen LogP contribution in [0.2, 0.25) is 0 Å². The smallest absolute Gasteiger partial charge is 0.407 e. The molecule has 2 rings (SSSR count). The van der Waals surface area contributed by atoms with Crippen molar-refractivity contribution < 1.29 is 19.1 Å². The first kappa shape index (κ1) is 17.8. The molecule has 0 saturated carbocycles. The summed E-state index contributed by atoms with van der Waals surface area (Å²) in [6.45, 7) is 2.20. The number of piperidine rings is 1. The maximum Gasteiger partial charge on any atom is 0.407 e. The summed E-state index contributed by atoms with van der Waals surface area (Å²) in [7, 11) is 0. The van der Waals surface area contributed by atoms with Gasteiger partial charge in [0.15, 0.2) is 0 Å². The number of hydrogen-bond acceptors (Lipinski definition) is 4. The van der Waals surface area contributed by atoms with E-state index in [1.54, 1.807) is 4.90 Å². The fraction of sp³-hybridized carbons (Fsp3) is 0.471. The first-order valence-corrected chi connectivity index (χ1v) is 8.00. The molecule has 7 nitrogen and oxygen atoms in total. The molecule has 1 saturated heterocycles. The molecule has 0 bridgehead atoms. The van der Waals surface area contributed by atoms with E-state index in [1.165, 1.54) is 0 Å². The number of nitrogens with one attached hydrogen (secondary N) is 1. The van der Waals surface area contributed by atoms with E-state index in [-0.39, 0.29) is 31.0 Å². The van der Waals surface area contributed by atoms with E-state index >= 15 is 0 Å². The number of nitrogens with two attached hydrogens (primary N) is 1. The Balaban J connectivity index is 1.77.